The van der Waals surface area contributed by atoms with E-state index in [1.165, 1.54) is 16.7 Å². The minimum Gasteiger partial charge on any atom is -0.480 e. The molecule has 0 bridgehead atoms. The number of carbonyl (C=O) groups excluding carboxylic acids is 14. The van der Waals surface area contributed by atoms with Crippen LogP contribution in [0.4, 0.5) is 0 Å². The highest BCUT2D eigenvalue weighted by atomic mass is 16.4. The molecule has 0 aromatic heterocycles. The van der Waals surface area contributed by atoms with Gasteiger partial charge in [0.2, 0.25) is 82.7 Å². The van der Waals surface area contributed by atoms with Crippen LogP contribution in [-0.2, 0) is 78.3 Å². The minimum absolute atomic E-state index is 0.0137. The molecule has 0 saturated carbocycles. The fourth-order valence-corrected chi connectivity index (χ4v) is 13.7. The van der Waals surface area contributed by atoms with Gasteiger partial charge in [-0.1, -0.05) is 120 Å². The van der Waals surface area contributed by atoms with E-state index in [1.54, 1.807) is 113 Å². The molecule has 4 aliphatic heterocycles. The molecule has 1 aromatic carbocycles. The Bertz CT molecular complexity index is 3300. The summed E-state index contributed by atoms with van der Waals surface area (Å²) in [5.41, 5.74) is 0.612. The number of hydrogen-bond donors (Lipinski definition) is 16. The van der Waals surface area contributed by atoms with Crippen molar-refractivity contribution in [3.63, 3.8) is 0 Å². The summed E-state index contributed by atoms with van der Waals surface area (Å²) in [7, 11) is 0. The Hall–Kier alpha value is -8.89. The number of carboxylic acids is 1. The van der Waals surface area contributed by atoms with Crippen LogP contribution in [0.3, 0.4) is 0 Å². The van der Waals surface area contributed by atoms with E-state index in [9.17, 15) is 92.3 Å². The number of benzene rings is 1. The Morgan fingerprint density at radius 1 is 0.444 bits per heavy atom. The van der Waals surface area contributed by atoms with Crippen molar-refractivity contribution in [1.82, 2.24) is 78.5 Å². The van der Waals surface area contributed by atoms with Crippen LogP contribution < -0.4 is 63.8 Å². The first-order valence-corrected chi connectivity index (χ1v) is 38.1. The summed E-state index contributed by atoms with van der Waals surface area (Å²) < 4.78 is 0. The molecule has 34 nitrogen and oxygen atoms in total. The van der Waals surface area contributed by atoms with Gasteiger partial charge in [-0.05, 0) is 119 Å². The maximum absolute atomic E-state index is 14.6. The fourth-order valence-electron chi connectivity index (χ4n) is 13.7. The molecule has 14 amide bonds. The van der Waals surface area contributed by atoms with Crippen LogP contribution >= 0.6 is 0 Å². The van der Waals surface area contributed by atoms with Crippen molar-refractivity contribution >= 4 is 88.7 Å². The molecule has 108 heavy (non-hydrogen) atoms. The molecule has 34 heteroatoms. The van der Waals surface area contributed by atoms with Crippen LogP contribution in [-0.4, -0.2) is 260 Å². The smallest absolute Gasteiger partial charge is 0.326 e. The first-order chi connectivity index (χ1) is 50.9. The molecule has 4 fully saturated rings. The molecule has 5 rings (SSSR count). The molecule has 4 aliphatic rings. The van der Waals surface area contributed by atoms with E-state index in [4.69, 9.17) is 0 Å². The number of carbonyl (C=O) groups is 15. The van der Waals surface area contributed by atoms with Crippen molar-refractivity contribution in [2.24, 2.45) is 35.5 Å². The first kappa shape index (κ1) is 89.7. The Labute approximate surface area is 632 Å². The molecular weight excluding hydrogens is 1400 g/mol. The number of aliphatic hydroxyl groups is 3. The zero-order valence-electron chi connectivity index (χ0n) is 64.7. The first-order valence-electron chi connectivity index (χ1n) is 38.1. The Morgan fingerprint density at radius 2 is 0.852 bits per heavy atom. The molecule has 16 atom stereocenters. The minimum atomic E-state index is -1.76. The van der Waals surface area contributed by atoms with E-state index in [2.05, 4.69) is 63.8 Å². The summed E-state index contributed by atoms with van der Waals surface area (Å²) >= 11 is 0. The lowest BCUT2D eigenvalue weighted by molar-refractivity contribution is -0.149. The lowest BCUT2D eigenvalue weighted by atomic mass is 9.96. The van der Waals surface area contributed by atoms with Gasteiger partial charge in [0.05, 0.1) is 31.9 Å². The molecule has 4 saturated heterocycles. The van der Waals surface area contributed by atoms with E-state index in [0.717, 1.165) is 11.3 Å². The number of rotatable bonds is 40. The average Bonchev–Trinajstić information content (AvgIpc) is 1.54. The topological polar surface area (TPSA) is 491 Å². The van der Waals surface area contributed by atoms with Gasteiger partial charge in [-0.25, -0.2) is 4.79 Å². The maximum Gasteiger partial charge on any atom is 0.326 e. The van der Waals surface area contributed by atoms with Crippen molar-refractivity contribution in [3.05, 3.63) is 35.9 Å². The monoisotopic (exact) mass is 1520 g/mol. The van der Waals surface area contributed by atoms with Gasteiger partial charge in [0.25, 0.3) is 0 Å². The largest absolute Gasteiger partial charge is 0.480 e. The SMILES string of the molecule is CC[C@H](C)[C@H](NC(=O)[C@@H]1CCCN1C(=O)CNC(=O)[C@@H]1CCCN1C(=O)[C@H](CC(C)C)NC(=O)[C@@H](NC(=O)[C@@H](NC(=O)[C@@H](NC(=O)[C@@H](NC(=O)[C@@H]1CCCN1)C(C)C)C(C)C)C(C)C)[C@@H](C)O)C(=O)N[C@@H](CC(C)C)C(=O)N[C@@H](CO)C(=O)N[C@@H](CO)C(=O)N[C@@H](Cc1ccccc1)C(=O)N1CCC[C@H]1C(=O)O. The Balaban J connectivity index is 1.19. The molecule has 16 N–H and O–H groups in total. The van der Waals surface area contributed by atoms with Gasteiger partial charge < -0.3 is 98.9 Å². The van der Waals surface area contributed by atoms with Crippen LogP contribution in [0, 0.1) is 35.5 Å². The van der Waals surface area contributed by atoms with E-state index >= 15 is 0 Å². The van der Waals surface area contributed by atoms with Gasteiger partial charge in [0.1, 0.15) is 78.5 Å². The molecule has 1 aromatic rings. The highest BCUT2D eigenvalue weighted by Gasteiger charge is 2.45. The van der Waals surface area contributed by atoms with Crippen LogP contribution in [0.25, 0.3) is 0 Å². The number of carboxylic acid groups (broad SMARTS) is 1. The standard InChI is InChI=1S/C74H119N15O19/c1-14-43(12)59(70(103)77-47(32-38(2)3)62(95)80-51(37-91)64(97)81-50(36-90)63(96)78-49(34-45-22-16-15-17-23-45)73(106)89-31-21-27-54(89)74(107)108)85-66(99)53-26-19-29-87(53)55(93)35-76-65(98)52-25-20-30-88(52)72(105)48(33-39(4)5)79-71(104)60(44(13)92)86-69(102)58(42(10)11)84-68(101)57(41(8)9)83-67(100)56(40(6)7)82-61(94)46-24-18-28-75-46/h15-17,22-23,38-44,46-54,56-60,75,90-92H,14,18-21,24-37H2,1-13H3,(H,76,98)(H,77,103)(H,78,96)(H,79,104)(H,80,95)(H,81,97)(H,82,94)(H,83,100)(H,84,101)(H,85,99)(H,86,102)(H,107,108)/t43-,44+,46-,47-,48-,49-,50-,51-,52-,53-,54-,56-,57-,58-,59-,60-/m0/s1. The van der Waals surface area contributed by atoms with E-state index in [-0.39, 0.29) is 81.8 Å². The number of amides is 14. The lowest BCUT2D eigenvalue weighted by Gasteiger charge is -2.32. The van der Waals surface area contributed by atoms with Crippen LogP contribution in [0.5, 0.6) is 0 Å². The molecular formula is C74H119N15O19. The van der Waals surface area contributed by atoms with Crippen molar-refractivity contribution in [2.45, 2.75) is 258 Å². The zero-order chi connectivity index (χ0) is 80.5. The number of nitrogens with zero attached hydrogens (tertiary/aromatic N) is 3. The van der Waals surface area contributed by atoms with Crippen LogP contribution in [0.2, 0.25) is 0 Å². The summed E-state index contributed by atoms with van der Waals surface area (Å²) in [6, 6.07) is -9.13. The summed E-state index contributed by atoms with van der Waals surface area (Å²) in [5.74, 6) is -14.5. The Kier molecular flexibility index (Phi) is 35.5. The zero-order valence-corrected chi connectivity index (χ0v) is 64.7. The molecule has 0 radical (unpaired) electrons. The number of likely N-dealkylation sites (tertiary alicyclic amines) is 3. The number of nitrogens with one attached hydrogen (secondary N) is 12. The highest BCUT2D eigenvalue weighted by Crippen LogP contribution is 2.25. The molecule has 604 valence electrons. The maximum atomic E-state index is 14.6. The highest BCUT2D eigenvalue weighted by molar-refractivity contribution is 6.01. The van der Waals surface area contributed by atoms with Crippen molar-refractivity contribution in [1.29, 1.82) is 0 Å². The van der Waals surface area contributed by atoms with Crippen molar-refractivity contribution in [2.75, 3.05) is 45.9 Å². The van der Waals surface area contributed by atoms with Crippen LogP contribution in [0.15, 0.2) is 30.3 Å². The Morgan fingerprint density at radius 3 is 1.32 bits per heavy atom. The molecule has 0 spiro atoms. The van der Waals surface area contributed by atoms with Crippen molar-refractivity contribution in [3.8, 4) is 0 Å². The second-order valence-corrected chi connectivity index (χ2v) is 30.7. The van der Waals surface area contributed by atoms with Gasteiger partial charge in [-0.3, -0.25) is 67.1 Å². The van der Waals surface area contributed by atoms with Crippen molar-refractivity contribution < 1.29 is 92.3 Å². The second kappa shape index (κ2) is 42.8. The third kappa shape index (κ3) is 25.6. The summed E-state index contributed by atoms with van der Waals surface area (Å²) in [6.07, 6.45) is 1.87. The molecule has 0 aliphatic carbocycles. The average molecular weight is 1520 g/mol. The predicted molar refractivity (Wildman–Crippen MR) is 394 cm³/mol. The summed E-state index contributed by atoms with van der Waals surface area (Å²) in [6.45, 7) is 20.3. The summed E-state index contributed by atoms with van der Waals surface area (Å²) in [5, 5.41) is 73.4. The number of hydrogen-bond acceptors (Lipinski definition) is 19. The second-order valence-electron chi connectivity index (χ2n) is 30.7. The number of aliphatic carboxylic acids is 1. The third-order valence-corrected chi connectivity index (χ3v) is 20.1. The molecule has 0 unspecified atom stereocenters. The number of aliphatic hydroxyl groups excluding tert-OH is 3. The normalized spacial score (nSPS) is 20.5. The predicted octanol–water partition coefficient (Wildman–Crippen LogP) is -2.53. The van der Waals surface area contributed by atoms with Gasteiger partial charge in [-0.2, -0.15) is 0 Å². The van der Waals surface area contributed by atoms with E-state index < -0.39 is 211 Å². The van der Waals surface area contributed by atoms with E-state index in [0.29, 0.717) is 44.2 Å². The van der Waals surface area contributed by atoms with Gasteiger partial charge in [0.15, 0.2) is 0 Å². The lowest BCUT2D eigenvalue weighted by Crippen LogP contribution is -2.63. The fraction of sp³-hybridized carbons (Fsp3) is 0.716. The summed E-state index contributed by atoms with van der Waals surface area (Å²) in [4.78, 5) is 212. The third-order valence-electron chi connectivity index (χ3n) is 20.1. The quantitative estimate of drug-likeness (QED) is 0.0322. The van der Waals surface area contributed by atoms with Gasteiger partial charge in [-0.15, -0.1) is 0 Å². The van der Waals surface area contributed by atoms with E-state index in [1.807, 2.05) is 0 Å². The van der Waals surface area contributed by atoms with Gasteiger partial charge in [0, 0.05) is 26.1 Å². The van der Waals surface area contributed by atoms with Crippen LogP contribution in [0.1, 0.15) is 166 Å². The molecule has 4 heterocycles. The van der Waals surface area contributed by atoms with Gasteiger partial charge >= 0.3 is 5.97 Å².